The van der Waals surface area contributed by atoms with Crippen LogP contribution in [0.25, 0.3) is 0 Å². The molecule has 2 atom stereocenters. The molecule has 1 saturated heterocycles. The summed E-state index contributed by atoms with van der Waals surface area (Å²) >= 11 is 0. The molecule has 0 radical (unpaired) electrons. The topological polar surface area (TPSA) is 70.5 Å². The first-order valence-electron chi connectivity index (χ1n) is 7.04. The number of nitrogens with zero attached hydrogens (tertiary/aromatic N) is 2. The number of aliphatic carboxylic acids is 1. The predicted molar refractivity (Wildman–Crippen MR) is 74.5 cm³/mol. The average molecular weight is 330 g/mol. The normalized spacial score (nSPS) is 22.2. The molecule has 1 aromatic heterocycles. The average Bonchev–Trinajstić information content (AvgIpc) is 2.92. The Morgan fingerprint density at radius 2 is 1.96 bits per heavy atom. The fraction of sp³-hybridized carbons (Fsp3) is 0.533. The molecule has 0 saturated carbocycles. The van der Waals surface area contributed by atoms with Gasteiger partial charge in [-0.3, -0.25) is 14.6 Å². The van der Waals surface area contributed by atoms with Gasteiger partial charge in [-0.1, -0.05) is 6.07 Å². The van der Waals surface area contributed by atoms with Crippen LogP contribution in [0.4, 0.5) is 13.2 Å². The van der Waals surface area contributed by atoms with Crippen molar-refractivity contribution in [2.24, 2.45) is 11.8 Å². The molecule has 1 aromatic rings. The van der Waals surface area contributed by atoms with Crippen LogP contribution < -0.4 is 0 Å². The van der Waals surface area contributed by atoms with Gasteiger partial charge in [0.1, 0.15) is 0 Å². The van der Waals surface area contributed by atoms with E-state index in [1.165, 1.54) is 12.4 Å². The fourth-order valence-corrected chi connectivity index (χ4v) is 2.80. The van der Waals surface area contributed by atoms with Crippen molar-refractivity contribution < 1.29 is 27.9 Å². The highest BCUT2D eigenvalue weighted by Gasteiger charge is 2.54. The number of hydrogen-bond acceptors (Lipinski definition) is 3. The molecule has 2 heterocycles. The number of alkyl halides is 3. The zero-order valence-electron chi connectivity index (χ0n) is 12.7. The minimum atomic E-state index is -4.66. The second kappa shape index (κ2) is 5.82. The Hall–Kier alpha value is -2.12. The molecular weight excluding hydrogens is 313 g/mol. The van der Waals surface area contributed by atoms with Gasteiger partial charge in [0, 0.05) is 25.5 Å². The minimum absolute atomic E-state index is 0.442. The number of rotatable bonds is 3. The second-order valence-electron chi connectivity index (χ2n) is 6.17. The van der Waals surface area contributed by atoms with Crippen molar-refractivity contribution in [3.63, 3.8) is 0 Å². The standard InChI is InChI=1S/C15H17F3N2O3/c1-14(2,9-4-3-5-19-6-9)13(23)20-7-10(12(21)22)11(8-20)15(16,17)18/h3-6,10-11H,7-8H2,1-2H3,(H,21,22)/t10-,11-/m1/s1. The molecule has 8 heteroatoms. The predicted octanol–water partition coefficient (Wildman–Crippen LogP) is 2.08. The first-order chi connectivity index (χ1) is 10.5. The Kier molecular flexibility index (Phi) is 4.37. The molecule has 126 valence electrons. The Labute approximate surface area is 131 Å². The van der Waals surface area contributed by atoms with Crippen LogP contribution in [0.1, 0.15) is 19.4 Å². The van der Waals surface area contributed by atoms with E-state index in [1.807, 2.05) is 0 Å². The van der Waals surface area contributed by atoms with Crippen molar-refractivity contribution in [3.8, 4) is 0 Å². The fourth-order valence-electron chi connectivity index (χ4n) is 2.80. The highest BCUT2D eigenvalue weighted by atomic mass is 19.4. The molecule has 1 fully saturated rings. The zero-order chi connectivity index (χ0) is 17.4. The molecule has 0 aromatic carbocycles. The van der Waals surface area contributed by atoms with E-state index in [1.54, 1.807) is 26.0 Å². The van der Waals surface area contributed by atoms with Crippen molar-refractivity contribution in [3.05, 3.63) is 30.1 Å². The number of carbonyl (C=O) groups is 2. The molecular formula is C15H17F3N2O3. The Morgan fingerprint density at radius 3 is 2.39 bits per heavy atom. The number of carbonyl (C=O) groups excluding carboxylic acids is 1. The molecule has 0 spiro atoms. The summed E-state index contributed by atoms with van der Waals surface area (Å²) in [6, 6.07) is 3.30. The van der Waals surface area contributed by atoms with Crippen molar-refractivity contribution in [1.29, 1.82) is 0 Å². The third kappa shape index (κ3) is 3.30. The lowest BCUT2D eigenvalue weighted by Gasteiger charge is -2.29. The lowest BCUT2D eigenvalue weighted by atomic mass is 9.84. The Balaban J connectivity index is 2.25. The summed E-state index contributed by atoms with van der Waals surface area (Å²) in [5.74, 6) is -5.76. The maximum Gasteiger partial charge on any atom is 0.394 e. The molecule has 1 aliphatic rings. The van der Waals surface area contributed by atoms with Crippen LogP contribution in [0, 0.1) is 11.8 Å². The molecule has 2 rings (SSSR count). The van der Waals surface area contributed by atoms with Crippen molar-refractivity contribution in [1.82, 2.24) is 9.88 Å². The maximum atomic E-state index is 13.0. The van der Waals surface area contributed by atoms with Gasteiger partial charge in [-0.15, -0.1) is 0 Å². The van der Waals surface area contributed by atoms with Crippen LogP contribution in [0.2, 0.25) is 0 Å². The van der Waals surface area contributed by atoms with Crippen molar-refractivity contribution >= 4 is 11.9 Å². The second-order valence-corrected chi connectivity index (χ2v) is 6.17. The third-order valence-corrected chi connectivity index (χ3v) is 4.26. The molecule has 0 unspecified atom stereocenters. The van der Waals surface area contributed by atoms with E-state index >= 15 is 0 Å². The number of carboxylic acids is 1. The van der Waals surface area contributed by atoms with Crippen LogP contribution in [0.5, 0.6) is 0 Å². The molecule has 5 nitrogen and oxygen atoms in total. The smallest absolute Gasteiger partial charge is 0.394 e. The number of halogens is 3. The quantitative estimate of drug-likeness (QED) is 0.921. The summed E-state index contributed by atoms with van der Waals surface area (Å²) in [6.45, 7) is 2.09. The van der Waals surface area contributed by atoms with Gasteiger partial charge in [0.05, 0.1) is 17.3 Å². The van der Waals surface area contributed by atoms with Gasteiger partial charge in [-0.05, 0) is 25.5 Å². The number of hydrogen-bond donors (Lipinski definition) is 1. The summed E-state index contributed by atoms with van der Waals surface area (Å²) in [6.07, 6.45) is -1.65. The number of amides is 1. The SMILES string of the molecule is CC(C)(C(=O)N1C[C@@H](C(F)(F)F)[C@H](C(=O)O)C1)c1cccnc1. The zero-order valence-corrected chi connectivity index (χ0v) is 12.7. The maximum absolute atomic E-state index is 13.0. The van der Waals surface area contributed by atoms with E-state index in [-0.39, 0.29) is 0 Å². The van der Waals surface area contributed by atoms with Gasteiger partial charge < -0.3 is 10.0 Å². The highest BCUT2D eigenvalue weighted by Crippen LogP contribution is 2.39. The minimum Gasteiger partial charge on any atom is -0.481 e. The van der Waals surface area contributed by atoms with Gasteiger partial charge in [0.2, 0.25) is 5.91 Å². The summed E-state index contributed by atoms with van der Waals surface area (Å²) in [5, 5.41) is 9.02. The van der Waals surface area contributed by atoms with Crippen LogP contribution in [0.15, 0.2) is 24.5 Å². The van der Waals surface area contributed by atoms with E-state index in [2.05, 4.69) is 4.98 Å². The molecule has 1 N–H and O–H groups in total. The summed E-state index contributed by atoms with van der Waals surface area (Å²) in [5.41, 5.74) is -0.523. The molecule has 0 bridgehead atoms. The van der Waals surface area contributed by atoms with Crippen molar-refractivity contribution in [2.45, 2.75) is 25.4 Å². The third-order valence-electron chi connectivity index (χ3n) is 4.26. The summed E-state index contributed by atoms with van der Waals surface area (Å²) in [4.78, 5) is 28.6. The Morgan fingerprint density at radius 1 is 1.30 bits per heavy atom. The van der Waals surface area contributed by atoms with Gasteiger partial charge >= 0.3 is 12.1 Å². The molecule has 0 aliphatic carbocycles. The van der Waals surface area contributed by atoms with Crippen LogP contribution in [-0.2, 0) is 15.0 Å². The summed E-state index contributed by atoms with van der Waals surface area (Å²) in [7, 11) is 0. The molecule has 1 amide bonds. The molecule has 23 heavy (non-hydrogen) atoms. The van der Waals surface area contributed by atoms with Gasteiger partial charge in [-0.25, -0.2) is 0 Å². The van der Waals surface area contributed by atoms with Crippen LogP contribution in [0.3, 0.4) is 0 Å². The van der Waals surface area contributed by atoms with E-state index in [4.69, 9.17) is 5.11 Å². The first-order valence-corrected chi connectivity index (χ1v) is 7.04. The highest BCUT2D eigenvalue weighted by molar-refractivity contribution is 5.88. The lowest BCUT2D eigenvalue weighted by molar-refractivity contribution is -0.188. The van der Waals surface area contributed by atoms with Crippen molar-refractivity contribution in [2.75, 3.05) is 13.1 Å². The number of aromatic nitrogens is 1. The Bertz CT molecular complexity index is 602. The number of carboxylic acid groups (broad SMARTS) is 1. The van der Waals surface area contributed by atoms with E-state index < -0.39 is 48.4 Å². The summed E-state index contributed by atoms with van der Waals surface area (Å²) < 4.78 is 39.0. The van der Waals surface area contributed by atoms with Crippen LogP contribution in [-0.4, -0.2) is 46.1 Å². The first kappa shape index (κ1) is 17.2. The van der Waals surface area contributed by atoms with Gasteiger partial charge in [0.15, 0.2) is 0 Å². The van der Waals surface area contributed by atoms with E-state index in [0.29, 0.717) is 5.56 Å². The van der Waals surface area contributed by atoms with E-state index in [9.17, 15) is 22.8 Å². The van der Waals surface area contributed by atoms with Gasteiger partial charge in [-0.2, -0.15) is 13.2 Å². The number of likely N-dealkylation sites (tertiary alicyclic amines) is 1. The monoisotopic (exact) mass is 330 g/mol. The molecule has 1 aliphatic heterocycles. The largest absolute Gasteiger partial charge is 0.481 e. The van der Waals surface area contributed by atoms with Crippen LogP contribution >= 0.6 is 0 Å². The van der Waals surface area contributed by atoms with Gasteiger partial charge in [0.25, 0.3) is 0 Å². The number of pyridine rings is 1. The lowest BCUT2D eigenvalue weighted by Crippen LogP contribution is -2.43. The van der Waals surface area contributed by atoms with E-state index in [0.717, 1.165) is 4.90 Å².